The van der Waals surface area contributed by atoms with Crippen LogP contribution in [0.15, 0.2) is 47.7 Å². The van der Waals surface area contributed by atoms with Gasteiger partial charge in [-0.05, 0) is 18.2 Å². The van der Waals surface area contributed by atoms with Gasteiger partial charge in [-0.25, -0.2) is 4.98 Å². The summed E-state index contributed by atoms with van der Waals surface area (Å²) in [4.78, 5) is 45.1. The van der Waals surface area contributed by atoms with Crippen molar-refractivity contribution in [1.29, 1.82) is 0 Å². The molecule has 10 heteroatoms. The van der Waals surface area contributed by atoms with Gasteiger partial charge in [0.15, 0.2) is 11.5 Å². The average Bonchev–Trinajstić information content (AvgIpc) is 2.79. The van der Waals surface area contributed by atoms with Gasteiger partial charge in [0.25, 0.3) is 5.56 Å². The molecule has 0 saturated heterocycles. The lowest BCUT2D eigenvalue weighted by atomic mass is 10.2. The van der Waals surface area contributed by atoms with E-state index in [0.717, 1.165) is 5.69 Å². The number of hydrogen-bond acceptors (Lipinski definition) is 7. The number of amides is 2. The number of nitrogens with one attached hydrogen (secondary N) is 2. The summed E-state index contributed by atoms with van der Waals surface area (Å²) in [5.41, 5.74) is 0.801. The summed E-state index contributed by atoms with van der Waals surface area (Å²) < 4.78 is 11.6. The van der Waals surface area contributed by atoms with E-state index in [1.54, 1.807) is 18.3 Å². The lowest BCUT2D eigenvalue weighted by Gasteiger charge is -2.11. The minimum atomic E-state index is -0.402. The number of carbonyl (C=O) groups is 2. The third-order valence-electron chi connectivity index (χ3n) is 4.51. The molecule has 3 rings (SSSR count). The van der Waals surface area contributed by atoms with Crippen LogP contribution in [0.5, 0.6) is 11.5 Å². The second-order valence-corrected chi connectivity index (χ2v) is 6.60. The maximum Gasteiger partial charge on any atom is 0.261 e. The first-order valence-corrected chi connectivity index (χ1v) is 9.56. The van der Waals surface area contributed by atoms with Gasteiger partial charge in [-0.15, -0.1) is 0 Å². The van der Waals surface area contributed by atoms with E-state index in [1.807, 2.05) is 12.1 Å². The molecule has 2 amide bonds. The van der Waals surface area contributed by atoms with Crippen LogP contribution in [-0.2, 0) is 22.7 Å². The minimum Gasteiger partial charge on any atom is -0.493 e. The average molecular weight is 425 g/mol. The van der Waals surface area contributed by atoms with Gasteiger partial charge in [0.05, 0.1) is 43.7 Å². The molecule has 3 aromatic rings. The Morgan fingerprint density at radius 3 is 2.52 bits per heavy atom. The molecular weight excluding hydrogens is 402 g/mol. The molecule has 0 fully saturated rings. The second-order valence-electron chi connectivity index (χ2n) is 6.60. The standard InChI is InChI=1S/C21H23N5O5/c1-30-17-9-15-16(10-18(17)31-2)25-13-26(21(15)29)12-20(28)23-8-6-19(27)24-11-14-5-3-4-7-22-14/h3-5,7,9-10,13H,6,8,11-12H2,1-2H3,(H,23,28)(H,24,27). The number of nitrogens with zero attached hydrogens (tertiary/aromatic N) is 3. The fourth-order valence-electron chi connectivity index (χ4n) is 2.90. The predicted octanol–water partition coefficient (Wildman–Crippen LogP) is 0.631. The number of benzene rings is 1. The van der Waals surface area contributed by atoms with Crippen LogP contribution in [0.1, 0.15) is 12.1 Å². The number of methoxy groups -OCH3 is 2. The third-order valence-corrected chi connectivity index (χ3v) is 4.51. The Balaban J connectivity index is 1.54. The molecule has 0 aliphatic rings. The highest BCUT2D eigenvalue weighted by Crippen LogP contribution is 2.29. The molecule has 0 radical (unpaired) electrons. The van der Waals surface area contributed by atoms with Gasteiger partial charge in [0.1, 0.15) is 6.54 Å². The first-order chi connectivity index (χ1) is 15.0. The Hall–Kier alpha value is -3.95. The Labute approximate surface area is 178 Å². The van der Waals surface area contributed by atoms with Crippen molar-refractivity contribution in [2.45, 2.75) is 19.5 Å². The van der Waals surface area contributed by atoms with Crippen molar-refractivity contribution in [3.05, 3.63) is 58.9 Å². The van der Waals surface area contributed by atoms with Crippen molar-refractivity contribution in [1.82, 2.24) is 25.2 Å². The number of ether oxygens (including phenoxy) is 2. The zero-order valence-corrected chi connectivity index (χ0v) is 17.3. The maximum absolute atomic E-state index is 12.7. The van der Waals surface area contributed by atoms with Gasteiger partial charge >= 0.3 is 0 Å². The molecule has 0 atom stereocenters. The molecule has 31 heavy (non-hydrogen) atoms. The van der Waals surface area contributed by atoms with Gasteiger partial charge in [0, 0.05) is 25.2 Å². The Morgan fingerprint density at radius 2 is 1.81 bits per heavy atom. The molecule has 2 N–H and O–H groups in total. The van der Waals surface area contributed by atoms with Crippen molar-refractivity contribution in [2.24, 2.45) is 0 Å². The van der Waals surface area contributed by atoms with Crippen LogP contribution in [0.2, 0.25) is 0 Å². The fourth-order valence-corrected chi connectivity index (χ4v) is 2.90. The summed E-state index contributed by atoms with van der Waals surface area (Å²) in [5.74, 6) is 0.240. The molecule has 162 valence electrons. The summed E-state index contributed by atoms with van der Waals surface area (Å²) in [6.07, 6.45) is 3.06. The smallest absolute Gasteiger partial charge is 0.261 e. The zero-order chi connectivity index (χ0) is 22.2. The van der Waals surface area contributed by atoms with Gasteiger partial charge in [0.2, 0.25) is 11.8 Å². The largest absolute Gasteiger partial charge is 0.493 e. The number of pyridine rings is 1. The summed E-state index contributed by atoms with van der Waals surface area (Å²) >= 11 is 0. The van der Waals surface area contributed by atoms with Crippen LogP contribution in [0, 0.1) is 0 Å². The molecule has 0 aliphatic heterocycles. The zero-order valence-electron chi connectivity index (χ0n) is 17.3. The maximum atomic E-state index is 12.7. The van der Waals surface area contributed by atoms with Crippen molar-refractivity contribution < 1.29 is 19.1 Å². The van der Waals surface area contributed by atoms with Gasteiger partial charge in [-0.2, -0.15) is 0 Å². The van der Waals surface area contributed by atoms with Gasteiger partial charge < -0.3 is 20.1 Å². The minimum absolute atomic E-state index is 0.112. The van der Waals surface area contributed by atoms with Crippen LogP contribution in [0.3, 0.4) is 0 Å². The molecule has 0 spiro atoms. The highest BCUT2D eigenvalue weighted by molar-refractivity contribution is 5.82. The van der Waals surface area contributed by atoms with Gasteiger partial charge in [-0.1, -0.05) is 6.07 Å². The van der Waals surface area contributed by atoms with Crippen LogP contribution < -0.4 is 25.7 Å². The van der Waals surface area contributed by atoms with Crippen molar-refractivity contribution in [3.8, 4) is 11.5 Å². The third kappa shape index (κ3) is 5.56. The van der Waals surface area contributed by atoms with Crippen LogP contribution in [0.4, 0.5) is 0 Å². The van der Waals surface area contributed by atoms with Crippen molar-refractivity contribution in [3.63, 3.8) is 0 Å². The number of carbonyl (C=O) groups excluding carboxylic acids is 2. The molecule has 0 unspecified atom stereocenters. The van der Waals surface area contributed by atoms with Crippen LogP contribution in [0.25, 0.3) is 10.9 Å². The summed E-state index contributed by atoms with van der Waals surface area (Å²) in [5, 5.41) is 5.67. The topological polar surface area (TPSA) is 124 Å². The molecule has 0 bridgehead atoms. The van der Waals surface area contributed by atoms with E-state index < -0.39 is 5.91 Å². The SMILES string of the molecule is COc1cc2ncn(CC(=O)NCCC(=O)NCc3ccccn3)c(=O)c2cc1OC. The number of aromatic nitrogens is 3. The van der Waals surface area contributed by atoms with Crippen molar-refractivity contribution >= 4 is 22.7 Å². The molecule has 1 aromatic carbocycles. The van der Waals surface area contributed by atoms with E-state index in [1.165, 1.54) is 31.2 Å². The molecule has 2 heterocycles. The monoisotopic (exact) mass is 425 g/mol. The highest BCUT2D eigenvalue weighted by Gasteiger charge is 2.13. The molecule has 0 aliphatic carbocycles. The molecule has 2 aromatic heterocycles. The molecule has 0 saturated carbocycles. The van der Waals surface area contributed by atoms with Crippen LogP contribution >= 0.6 is 0 Å². The van der Waals surface area contributed by atoms with E-state index in [9.17, 15) is 14.4 Å². The molecular formula is C21H23N5O5. The summed E-state index contributed by atoms with van der Waals surface area (Å²) in [7, 11) is 2.96. The molecule has 10 nitrogen and oxygen atoms in total. The number of fused-ring (bicyclic) bond motifs is 1. The first kappa shape index (κ1) is 21.8. The van der Waals surface area contributed by atoms with Gasteiger partial charge in [-0.3, -0.25) is 23.9 Å². The predicted molar refractivity (Wildman–Crippen MR) is 113 cm³/mol. The summed E-state index contributed by atoms with van der Waals surface area (Å²) in [6, 6.07) is 8.58. The Kier molecular flexibility index (Phi) is 7.15. The quantitative estimate of drug-likeness (QED) is 0.515. The van der Waals surface area contributed by atoms with Crippen molar-refractivity contribution in [2.75, 3.05) is 20.8 Å². The number of rotatable bonds is 9. The van der Waals surface area contributed by atoms with Crippen LogP contribution in [-0.4, -0.2) is 47.1 Å². The van der Waals surface area contributed by atoms with E-state index in [2.05, 4.69) is 20.6 Å². The first-order valence-electron chi connectivity index (χ1n) is 9.56. The summed E-state index contributed by atoms with van der Waals surface area (Å²) in [6.45, 7) is 0.249. The normalized spacial score (nSPS) is 10.5. The van der Waals surface area contributed by atoms with E-state index in [0.29, 0.717) is 28.9 Å². The Bertz CT molecular complexity index is 1130. The van der Waals surface area contributed by atoms with E-state index in [4.69, 9.17) is 9.47 Å². The fraction of sp³-hybridized carbons (Fsp3) is 0.286. The highest BCUT2D eigenvalue weighted by atomic mass is 16.5. The Morgan fingerprint density at radius 1 is 1.03 bits per heavy atom. The van der Waals surface area contributed by atoms with E-state index >= 15 is 0 Å². The lowest BCUT2D eigenvalue weighted by Crippen LogP contribution is -2.35. The second kappa shape index (κ2) is 10.2. The lowest BCUT2D eigenvalue weighted by molar-refractivity contribution is -0.122. The number of hydrogen-bond donors (Lipinski definition) is 2. The van der Waals surface area contributed by atoms with E-state index in [-0.39, 0.29) is 31.0 Å².